The third-order valence-corrected chi connectivity index (χ3v) is 7.55. The molecule has 37 heavy (non-hydrogen) atoms. The van der Waals surface area contributed by atoms with Gasteiger partial charge in [0.2, 0.25) is 5.91 Å². The van der Waals surface area contributed by atoms with Gasteiger partial charge in [-0.15, -0.1) is 10.2 Å². The second-order valence-corrected chi connectivity index (χ2v) is 11.3. The average molecular weight is 522 g/mol. The number of ether oxygens (including phenoxy) is 1. The lowest BCUT2D eigenvalue weighted by Gasteiger charge is -2.36. The largest absolute Gasteiger partial charge is 0.483 e. The van der Waals surface area contributed by atoms with Crippen LogP contribution in [-0.4, -0.2) is 57.5 Å². The highest BCUT2D eigenvalue weighted by Crippen LogP contribution is 2.27. The summed E-state index contributed by atoms with van der Waals surface area (Å²) in [6.45, 7) is 14.7. The van der Waals surface area contributed by atoms with Gasteiger partial charge < -0.3 is 19.1 Å². The number of piperazine rings is 1. The number of amides is 1. The maximum Gasteiger partial charge on any atom is 0.233 e. The molecular weight excluding hydrogens is 482 g/mol. The van der Waals surface area contributed by atoms with E-state index in [0.29, 0.717) is 17.6 Å². The molecule has 1 aromatic heterocycles. The number of hydrogen-bond donors (Lipinski definition) is 0. The van der Waals surface area contributed by atoms with Crippen molar-refractivity contribution in [3.63, 3.8) is 0 Å². The highest BCUT2D eigenvalue weighted by atomic mass is 32.2. The van der Waals surface area contributed by atoms with Crippen LogP contribution in [0.4, 0.5) is 5.69 Å². The number of carbonyl (C=O) groups excluding carboxylic acids is 1. The average Bonchev–Trinajstić information content (AvgIpc) is 3.30. The lowest BCUT2D eigenvalue weighted by Crippen LogP contribution is -2.49. The van der Waals surface area contributed by atoms with Gasteiger partial charge in [-0.2, -0.15) is 0 Å². The van der Waals surface area contributed by atoms with Gasteiger partial charge in [-0.05, 0) is 48.6 Å². The van der Waals surface area contributed by atoms with Gasteiger partial charge in [0.15, 0.2) is 17.1 Å². The third-order valence-electron chi connectivity index (χ3n) is 6.59. The summed E-state index contributed by atoms with van der Waals surface area (Å²) in [4.78, 5) is 17.3. The molecule has 3 aromatic rings. The monoisotopic (exact) mass is 521 g/mol. The zero-order valence-corrected chi connectivity index (χ0v) is 23.4. The van der Waals surface area contributed by atoms with E-state index in [-0.39, 0.29) is 12.0 Å². The van der Waals surface area contributed by atoms with Crippen LogP contribution in [0.25, 0.3) is 0 Å². The Morgan fingerprint density at radius 2 is 1.59 bits per heavy atom. The van der Waals surface area contributed by atoms with E-state index in [0.717, 1.165) is 49.5 Å². The molecular formula is C29H39N5O2S. The molecule has 7 nitrogen and oxygen atoms in total. The first-order valence-corrected chi connectivity index (χ1v) is 14.2. The Morgan fingerprint density at radius 1 is 0.919 bits per heavy atom. The molecule has 1 unspecified atom stereocenters. The van der Waals surface area contributed by atoms with E-state index in [1.807, 2.05) is 30.0 Å². The first-order chi connectivity index (χ1) is 17.8. The van der Waals surface area contributed by atoms with Crippen molar-refractivity contribution in [2.45, 2.75) is 58.3 Å². The Kier molecular flexibility index (Phi) is 9.14. The molecule has 1 saturated heterocycles. The Hall–Kier alpha value is -3.00. The number of benzene rings is 2. The van der Waals surface area contributed by atoms with Gasteiger partial charge in [0, 0.05) is 38.4 Å². The minimum Gasteiger partial charge on any atom is -0.483 e. The van der Waals surface area contributed by atoms with Crippen molar-refractivity contribution in [2.75, 3.05) is 36.8 Å². The molecule has 0 bridgehead atoms. The number of aromatic nitrogens is 3. The van der Waals surface area contributed by atoms with E-state index in [1.54, 1.807) is 0 Å². The van der Waals surface area contributed by atoms with Crippen molar-refractivity contribution in [1.82, 2.24) is 19.7 Å². The molecule has 2 heterocycles. The van der Waals surface area contributed by atoms with Crippen LogP contribution in [0.3, 0.4) is 0 Å². The molecule has 0 spiro atoms. The predicted octanol–water partition coefficient (Wildman–Crippen LogP) is 5.64. The Labute approximate surface area is 225 Å². The van der Waals surface area contributed by atoms with E-state index in [1.165, 1.54) is 23.0 Å². The van der Waals surface area contributed by atoms with Crippen molar-refractivity contribution in [1.29, 1.82) is 0 Å². The van der Waals surface area contributed by atoms with Crippen molar-refractivity contribution in [3.05, 3.63) is 66.0 Å². The van der Waals surface area contributed by atoms with E-state index < -0.39 is 0 Å². The van der Waals surface area contributed by atoms with Crippen LogP contribution in [0.1, 0.15) is 58.0 Å². The van der Waals surface area contributed by atoms with Crippen LogP contribution in [0.2, 0.25) is 0 Å². The number of anilines is 1. The molecule has 0 aliphatic carbocycles. The summed E-state index contributed by atoms with van der Waals surface area (Å²) in [5.74, 6) is 2.99. The molecule has 0 radical (unpaired) electrons. The molecule has 0 N–H and O–H groups in total. The van der Waals surface area contributed by atoms with Crippen molar-refractivity contribution >= 4 is 23.4 Å². The number of hydrogen-bond acceptors (Lipinski definition) is 6. The van der Waals surface area contributed by atoms with Crippen molar-refractivity contribution in [3.8, 4) is 5.75 Å². The fraction of sp³-hybridized carbons (Fsp3) is 0.483. The predicted molar refractivity (Wildman–Crippen MR) is 150 cm³/mol. The van der Waals surface area contributed by atoms with Gasteiger partial charge in [-0.1, -0.05) is 69.8 Å². The summed E-state index contributed by atoms with van der Waals surface area (Å²) in [7, 11) is 0. The van der Waals surface area contributed by atoms with Crippen LogP contribution >= 0.6 is 11.8 Å². The third kappa shape index (κ3) is 7.06. The second kappa shape index (κ2) is 12.5. The summed E-state index contributed by atoms with van der Waals surface area (Å²) in [5.41, 5.74) is 2.50. The number of rotatable bonds is 10. The van der Waals surface area contributed by atoms with E-state index in [2.05, 4.69) is 83.8 Å². The molecule has 1 fully saturated rings. The summed E-state index contributed by atoms with van der Waals surface area (Å²) < 4.78 is 8.34. The molecule has 4 rings (SSSR count). The second-order valence-electron chi connectivity index (χ2n) is 10.3. The zero-order chi connectivity index (χ0) is 26.4. The number of carbonyl (C=O) groups is 1. The van der Waals surface area contributed by atoms with Crippen LogP contribution in [0.5, 0.6) is 5.75 Å². The van der Waals surface area contributed by atoms with Crippen molar-refractivity contribution < 1.29 is 9.53 Å². The van der Waals surface area contributed by atoms with Gasteiger partial charge >= 0.3 is 0 Å². The molecule has 198 valence electrons. The molecule has 0 saturated carbocycles. The standard InChI is InChI=1S/C29H39N5O2S/c1-21(2)19-34-28(23(5)36-26-13-11-24(12-14-26)22(3)4)30-31-29(34)37-20-27(35)33-17-15-32(16-18-33)25-9-7-6-8-10-25/h6-14,21-23H,15-20H2,1-5H3. The quantitative estimate of drug-likeness (QED) is 0.322. The normalized spacial score (nSPS) is 14.9. The molecule has 1 aliphatic rings. The van der Waals surface area contributed by atoms with Gasteiger partial charge in [0.25, 0.3) is 0 Å². The lowest BCUT2D eigenvalue weighted by molar-refractivity contribution is -0.128. The highest BCUT2D eigenvalue weighted by molar-refractivity contribution is 7.99. The maximum absolute atomic E-state index is 13.0. The molecule has 1 aliphatic heterocycles. The van der Waals surface area contributed by atoms with E-state index in [4.69, 9.17) is 4.74 Å². The van der Waals surface area contributed by atoms with Crippen LogP contribution in [-0.2, 0) is 11.3 Å². The van der Waals surface area contributed by atoms with Gasteiger partial charge in [0.1, 0.15) is 5.75 Å². The van der Waals surface area contributed by atoms with E-state index in [9.17, 15) is 4.79 Å². The Morgan fingerprint density at radius 3 is 2.22 bits per heavy atom. The minimum absolute atomic E-state index is 0.146. The first-order valence-electron chi connectivity index (χ1n) is 13.2. The smallest absolute Gasteiger partial charge is 0.233 e. The number of nitrogens with zero attached hydrogens (tertiary/aromatic N) is 5. The van der Waals surface area contributed by atoms with Crippen LogP contribution in [0, 0.1) is 5.92 Å². The topological polar surface area (TPSA) is 63.5 Å². The number of thioether (sulfide) groups is 1. The summed E-state index contributed by atoms with van der Waals surface area (Å²) in [5, 5.41) is 9.70. The number of para-hydroxylation sites is 1. The van der Waals surface area contributed by atoms with Gasteiger partial charge in [-0.25, -0.2) is 0 Å². The maximum atomic E-state index is 13.0. The molecule has 1 amide bonds. The molecule has 8 heteroatoms. The minimum atomic E-state index is -0.257. The Bertz CT molecular complexity index is 1140. The lowest BCUT2D eigenvalue weighted by atomic mass is 10.0. The van der Waals surface area contributed by atoms with Crippen molar-refractivity contribution in [2.24, 2.45) is 5.92 Å². The Balaban J connectivity index is 1.36. The fourth-order valence-corrected chi connectivity index (χ4v) is 5.36. The van der Waals surface area contributed by atoms with Crippen LogP contribution in [0.15, 0.2) is 59.8 Å². The first kappa shape index (κ1) is 27.0. The van der Waals surface area contributed by atoms with Gasteiger partial charge in [-0.3, -0.25) is 4.79 Å². The molecule has 1 atom stereocenters. The summed E-state index contributed by atoms with van der Waals surface area (Å²) in [6.07, 6.45) is -0.257. The molecule has 2 aromatic carbocycles. The van der Waals surface area contributed by atoms with Gasteiger partial charge in [0.05, 0.1) is 5.75 Å². The zero-order valence-electron chi connectivity index (χ0n) is 22.6. The summed E-state index contributed by atoms with van der Waals surface area (Å²) in [6, 6.07) is 18.6. The van der Waals surface area contributed by atoms with E-state index >= 15 is 0 Å². The highest BCUT2D eigenvalue weighted by Gasteiger charge is 2.24. The fourth-order valence-electron chi connectivity index (χ4n) is 4.50. The summed E-state index contributed by atoms with van der Waals surface area (Å²) >= 11 is 1.47. The van der Waals surface area contributed by atoms with Crippen LogP contribution < -0.4 is 9.64 Å². The SMILES string of the molecule is CC(C)Cn1c(SCC(=O)N2CCN(c3ccccc3)CC2)nnc1C(C)Oc1ccc(C(C)C)cc1.